The van der Waals surface area contributed by atoms with Gasteiger partial charge in [-0.15, -0.1) is 0 Å². The molecule has 0 spiro atoms. The van der Waals surface area contributed by atoms with E-state index in [2.05, 4.69) is 21.0 Å². The summed E-state index contributed by atoms with van der Waals surface area (Å²) in [6.45, 7) is 1.91. The normalized spacial score (nSPS) is 11.2. The summed E-state index contributed by atoms with van der Waals surface area (Å²) in [5.41, 5.74) is 3.10. The average Bonchev–Trinajstić information content (AvgIpc) is 2.96. The van der Waals surface area contributed by atoms with Crippen LogP contribution in [0.3, 0.4) is 0 Å². The summed E-state index contributed by atoms with van der Waals surface area (Å²) in [6, 6.07) is 7.55. The molecule has 102 valence electrons. The molecule has 0 amide bonds. The molecule has 0 saturated heterocycles. The molecule has 2 aromatic heterocycles. The zero-order valence-corrected chi connectivity index (χ0v) is 12.8. The highest BCUT2D eigenvalue weighted by Gasteiger charge is 2.18. The number of halogens is 1. The van der Waals surface area contributed by atoms with Crippen molar-refractivity contribution in [2.45, 2.75) is 13.3 Å². The standard InChI is InChI=1S/C15H13BrN2O2/c1-9-15(16)12(18(2)17-9)7-13(19)11-8-20-14-6-4-3-5-10(11)14/h3-6,8H,7H2,1-2H3. The first-order valence-electron chi connectivity index (χ1n) is 6.25. The number of Topliss-reactive ketones (excluding diaryl/α,β-unsaturated/α-hetero) is 1. The molecule has 4 nitrogen and oxygen atoms in total. The lowest BCUT2D eigenvalue weighted by Crippen LogP contribution is -2.08. The molecule has 20 heavy (non-hydrogen) atoms. The average molecular weight is 333 g/mol. The number of fused-ring (bicyclic) bond motifs is 1. The molecule has 0 radical (unpaired) electrons. The molecule has 0 unspecified atom stereocenters. The quantitative estimate of drug-likeness (QED) is 0.687. The summed E-state index contributed by atoms with van der Waals surface area (Å²) in [4.78, 5) is 12.5. The molecule has 0 aliphatic heterocycles. The summed E-state index contributed by atoms with van der Waals surface area (Å²) in [7, 11) is 1.84. The number of benzene rings is 1. The Labute approximate surface area is 124 Å². The van der Waals surface area contributed by atoms with E-state index in [1.165, 1.54) is 6.26 Å². The van der Waals surface area contributed by atoms with Gasteiger partial charge in [0.2, 0.25) is 0 Å². The maximum Gasteiger partial charge on any atom is 0.172 e. The molecule has 2 heterocycles. The number of para-hydroxylation sites is 1. The van der Waals surface area contributed by atoms with Crippen molar-refractivity contribution in [2.75, 3.05) is 0 Å². The van der Waals surface area contributed by atoms with Crippen molar-refractivity contribution in [3.8, 4) is 0 Å². The van der Waals surface area contributed by atoms with E-state index in [1.807, 2.05) is 38.2 Å². The number of furan rings is 1. The summed E-state index contributed by atoms with van der Waals surface area (Å²) in [5, 5.41) is 5.16. The maximum absolute atomic E-state index is 12.5. The number of nitrogens with zero attached hydrogens (tertiary/aromatic N) is 2. The van der Waals surface area contributed by atoms with Crippen LogP contribution in [0.4, 0.5) is 0 Å². The van der Waals surface area contributed by atoms with Crippen molar-refractivity contribution in [1.29, 1.82) is 0 Å². The molecule has 0 atom stereocenters. The van der Waals surface area contributed by atoms with Gasteiger partial charge in [0.05, 0.1) is 27.8 Å². The lowest BCUT2D eigenvalue weighted by molar-refractivity contribution is 0.0991. The first-order chi connectivity index (χ1) is 9.58. The number of aryl methyl sites for hydroxylation is 2. The Kier molecular flexibility index (Phi) is 3.22. The van der Waals surface area contributed by atoms with Crippen molar-refractivity contribution in [2.24, 2.45) is 7.05 Å². The third-order valence-corrected chi connectivity index (χ3v) is 4.40. The zero-order chi connectivity index (χ0) is 14.3. The van der Waals surface area contributed by atoms with Gasteiger partial charge in [-0.3, -0.25) is 9.48 Å². The van der Waals surface area contributed by atoms with Gasteiger partial charge in [0.1, 0.15) is 11.8 Å². The third kappa shape index (κ3) is 2.08. The van der Waals surface area contributed by atoms with E-state index in [4.69, 9.17) is 4.42 Å². The fourth-order valence-electron chi connectivity index (χ4n) is 2.31. The highest BCUT2D eigenvalue weighted by atomic mass is 79.9. The van der Waals surface area contributed by atoms with Crippen LogP contribution in [0.1, 0.15) is 21.7 Å². The van der Waals surface area contributed by atoms with Crippen molar-refractivity contribution in [3.05, 3.63) is 52.0 Å². The van der Waals surface area contributed by atoms with Crippen LogP contribution in [0.5, 0.6) is 0 Å². The number of aromatic nitrogens is 2. The molecule has 5 heteroatoms. The van der Waals surface area contributed by atoms with Gasteiger partial charge in [-0.05, 0) is 28.9 Å². The SMILES string of the molecule is Cc1nn(C)c(CC(=O)c2coc3ccccc23)c1Br. The number of hydrogen-bond acceptors (Lipinski definition) is 3. The third-order valence-electron chi connectivity index (χ3n) is 3.37. The predicted molar refractivity (Wildman–Crippen MR) is 79.9 cm³/mol. The first-order valence-corrected chi connectivity index (χ1v) is 7.04. The Bertz CT molecular complexity index is 801. The fraction of sp³-hybridized carbons (Fsp3) is 0.200. The minimum absolute atomic E-state index is 0.0265. The van der Waals surface area contributed by atoms with Gasteiger partial charge in [-0.1, -0.05) is 18.2 Å². The number of carbonyl (C=O) groups is 1. The first kappa shape index (κ1) is 13.1. The maximum atomic E-state index is 12.5. The van der Waals surface area contributed by atoms with E-state index in [1.54, 1.807) is 4.68 Å². The van der Waals surface area contributed by atoms with Gasteiger partial charge < -0.3 is 4.42 Å². The molecular weight excluding hydrogens is 320 g/mol. The Morgan fingerprint density at radius 3 is 2.85 bits per heavy atom. The largest absolute Gasteiger partial charge is 0.464 e. The van der Waals surface area contributed by atoms with Crippen LogP contribution >= 0.6 is 15.9 Å². The van der Waals surface area contributed by atoms with Gasteiger partial charge >= 0.3 is 0 Å². The van der Waals surface area contributed by atoms with E-state index in [9.17, 15) is 4.79 Å². The van der Waals surface area contributed by atoms with Gasteiger partial charge in [-0.2, -0.15) is 5.10 Å². The van der Waals surface area contributed by atoms with Crippen LogP contribution in [0.15, 0.2) is 39.4 Å². The van der Waals surface area contributed by atoms with Gasteiger partial charge in [0.15, 0.2) is 5.78 Å². The molecule has 3 aromatic rings. The minimum Gasteiger partial charge on any atom is -0.464 e. The molecule has 0 N–H and O–H groups in total. The highest BCUT2D eigenvalue weighted by molar-refractivity contribution is 9.10. The van der Waals surface area contributed by atoms with E-state index >= 15 is 0 Å². The van der Waals surface area contributed by atoms with Crippen LogP contribution in [-0.4, -0.2) is 15.6 Å². The molecule has 0 aliphatic carbocycles. The van der Waals surface area contributed by atoms with Gasteiger partial charge in [-0.25, -0.2) is 0 Å². The van der Waals surface area contributed by atoms with E-state index in [0.29, 0.717) is 12.0 Å². The number of rotatable bonds is 3. The van der Waals surface area contributed by atoms with Crippen LogP contribution < -0.4 is 0 Å². The second-order valence-corrected chi connectivity index (χ2v) is 5.51. The lowest BCUT2D eigenvalue weighted by Gasteiger charge is -2.01. The van der Waals surface area contributed by atoms with Crippen molar-refractivity contribution in [1.82, 2.24) is 9.78 Å². The van der Waals surface area contributed by atoms with E-state index in [0.717, 1.165) is 26.8 Å². The Hall–Kier alpha value is -1.88. The Balaban J connectivity index is 1.97. The second kappa shape index (κ2) is 4.90. The van der Waals surface area contributed by atoms with E-state index in [-0.39, 0.29) is 5.78 Å². The molecule has 1 aromatic carbocycles. The zero-order valence-electron chi connectivity index (χ0n) is 11.2. The smallest absolute Gasteiger partial charge is 0.172 e. The highest BCUT2D eigenvalue weighted by Crippen LogP contribution is 2.25. The van der Waals surface area contributed by atoms with Crippen molar-refractivity contribution in [3.63, 3.8) is 0 Å². The number of ketones is 1. The predicted octanol–water partition coefficient (Wildman–Crippen LogP) is 3.66. The molecule has 0 bridgehead atoms. The lowest BCUT2D eigenvalue weighted by atomic mass is 10.1. The second-order valence-electron chi connectivity index (χ2n) is 4.72. The minimum atomic E-state index is 0.0265. The number of carbonyl (C=O) groups excluding carboxylic acids is 1. The van der Waals surface area contributed by atoms with Gasteiger partial charge in [0.25, 0.3) is 0 Å². The molecule has 0 saturated carbocycles. The summed E-state index contributed by atoms with van der Waals surface area (Å²) >= 11 is 3.48. The Morgan fingerprint density at radius 2 is 2.15 bits per heavy atom. The van der Waals surface area contributed by atoms with E-state index < -0.39 is 0 Å². The molecular formula is C15H13BrN2O2. The summed E-state index contributed by atoms with van der Waals surface area (Å²) in [5.74, 6) is 0.0265. The molecule has 3 rings (SSSR count). The van der Waals surface area contributed by atoms with Crippen molar-refractivity contribution >= 4 is 32.7 Å². The van der Waals surface area contributed by atoms with Crippen LogP contribution in [-0.2, 0) is 13.5 Å². The topological polar surface area (TPSA) is 48.0 Å². The van der Waals surface area contributed by atoms with Crippen LogP contribution in [0, 0.1) is 6.92 Å². The number of hydrogen-bond donors (Lipinski definition) is 0. The Morgan fingerprint density at radius 1 is 1.40 bits per heavy atom. The molecule has 0 fully saturated rings. The summed E-state index contributed by atoms with van der Waals surface area (Å²) < 4.78 is 8.04. The van der Waals surface area contributed by atoms with Gasteiger partial charge in [0, 0.05) is 12.4 Å². The monoisotopic (exact) mass is 332 g/mol. The summed E-state index contributed by atoms with van der Waals surface area (Å²) in [6.07, 6.45) is 1.82. The van der Waals surface area contributed by atoms with Crippen molar-refractivity contribution < 1.29 is 9.21 Å². The van der Waals surface area contributed by atoms with Crippen LogP contribution in [0.25, 0.3) is 11.0 Å². The van der Waals surface area contributed by atoms with Crippen LogP contribution in [0.2, 0.25) is 0 Å². The molecule has 0 aliphatic rings. The fourth-order valence-corrected chi connectivity index (χ4v) is 2.79.